The van der Waals surface area contributed by atoms with Crippen molar-refractivity contribution in [2.75, 3.05) is 6.54 Å². The molecule has 92 valence electrons. The minimum absolute atomic E-state index is 0.717. The molecule has 0 spiro atoms. The molecule has 3 atom stereocenters. The lowest BCUT2D eigenvalue weighted by molar-refractivity contribution is 0.134. The van der Waals surface area contributed by atoms with E-state index in [1.54, 1.807) is 0 Å². The first-order valence-electron chi connectivity index (χ1n) is 6.72. The standard InChI is InChI=1S/C15H21NO/c1-3-16-15-7-14(10(15)2)11-4-5-12-8-17-9-13(12)6-11/h4-6,10,14-16H,3,7-9H2,1-2H3. The molecular weight excluding hydrogens is 210 g/mol. The monoisotopic (exact) mass is 231 g/mol. The highest BCUT2D eigenvalue weighted by Crippen LogP contribution is 2.43. The second-order valence-corrected chi connectivity index (χ2v) is 5.39. The fraction of sp³-hybridized carbons (Fsp3) is 0.600. The molecule has 1 aromatic rings. The fourth-order valence-corrected chi connectivity index (χ4v) is 3.18. The summed E-state index contributed by atoms with van der Waals surface area (Å²) in [6.07, 6.45) is 1.29. The summed E-state index contributed by atoms with van der Waals surface area (Å²) in [4.78, 5) is 0. The van der Waals surface area contributed by atoms with Gasteiger partial charge in [-0.25, -0.2) is 0 Å². The molecule has 0 saturated heterocycles. The highest BCUT2D eigenvalue weighted by atomic mass is 16.5. The van der Waals surface area contributed by atoms with E-state index in [0.29, 0.717) is 0 Å². The topological polar surface area (TPSA) is 21.3 Å². The Labute approximate surface area is 103 Å². The van der Waals surface area contributed by atoms with Crippen LogP contribution in [0.25, 0.3) is 0 Å². The minimum atomic E-state index is 0.717. The molecule has 0 bridgehead atoms. The molecule has 1 aromatic carbocycles. The van der Waals surface area contributed by atoms with Crippen LogP contribution in [0, 0.1) is 5.92 Å². The summed E-state index contributed by atoms with van der Waals surface area (Å²) in [5, 5.41) is 3.56. The summed E-state index contributed by atoms with van der Waals surface area (Å²) in [6, 6.07) is 7.64. The normalized spacial score (nSPS) is 31.1. The van der Waals surface area contributed by atoms with E-state index in [1.807, 2.05) is 0 Å². The highest BCUT2D eigenvalue weighted by molar-refractivity contribution is 5.36. The Morgan fingerprint density at radius 1 is 1.29 bits per heavy atom. The van der Waals surface area contributed by atoms with Gasteiger partial charge < -0.3 is 10.1 Å². The van der Waals surface area contributed by atoms with Gasteiger partial charge in [0.05, 0.1) is 13.2 Å². The van der Waals surface area contributed by atoms with Crippen LogP contribution in [0.4, 0.5) is 0 Å². The molecule has 0 aromatic heterocycles. The van der Waals surface area contributed by atoms with E-state index in [1.165, 1.54) is 23.1 Å². The number of hydrogen-bond donors (Lipinski definition) is 1. The second-order valence-electron chi connectivity index (χ2n) is 5.39. The quantitative estimate of drug-likeness (QED) is 0.863. The molecule has 2 aliphatic rings. The Morgan fingerprint density at radius 2 is 2.12 bits per heavy atom. The van der Waals surface area contributed by atoms with Crippen molar-refractivity contribution in [2.24, 2.45) is 5.92 Å². The molecule has 1 aliphatic carbocycles. The molecule has 1 fully saturated rings. The Bertz CT molecular complexity index is 415. The molecule has 2 nitrogen and oxygen atoms in total. The summed E-state index contributed by atoms with van der Waals surface area (Å²) in [6.45, 7) is 7.24. The van der Waals surface area contributed by atoms with Crippen molar-refractivity contribution < 1.29 is 4.74 Å². The van der Waals surface area contributed by atoms with Crippen molar-refractivity contribution in [2.45, 2.75) is 45.4 Å². The molecule has 1 N–H and O–H groups in total. The van der Waals surface area contributed by atoms with Gasteiger partial charge in [0.15, 0.2) is 0 Å². The van der Waals surface area contributed by atoms with Gasteiger partial charge in [-0.2, -0.15) is 0 Å². The van der Waals surface area contributed by atoms with Gasteiger partial charge in [0, 0.05) is 6.04 Å². The van der Waals surface area contributed by atoms with E-state index in [0.717, 1.165) is 37.6 Å². The number of rotatable bonds is 3. The smallest absolute Gasteiger partial charge is 0.0725 e. The fourth-order valence-electron chi connectivity index (χ4n) is 3.18. The van der Waals surface area contributed by atoms with Crippen molar-refractivity contribution in [3.63, 3.8) is 0 Å². The number of ether oxygens (including phenoxy) is 1. The number of nitrogens with one attached hydrogen (secondary N) is 1. The van der Waals surface area contributed by atoms with E-state index >= 15 is 0 Å². The van der Waals surface area contributed by atoms with Crippen LogP contribution >= 0.6 is 0 Å². The summed E-state index contributed by atoms with van der Waals surface area (Å²) in [7, 11) is 0. The lowest BCUT2D eigenvalue weighted by Crippen LogP contribution is -2.47. The molecule has 17 heavy (non-hydrogen) atoms. The number of benzene rings is 1. The molecule has 2 heteroatoms. The predicted molar refractivity (Wildman–Crippen MR) is 68.9 cm³/mol. The van der Waals surface area contributed by atoms with Crippen LogP contribution in [0.1, 0.15) is 42.9 Å². The van der Waals surface area contributed by atoms with Gasteiger partial charge in [0.1, 0.15) is 0 Å². The summed E-state index contributed by atoms with van der Waals surface area (Å²) < 4.78 is 5.48. The van der Waals surface area contributed by atoms with Crippen LogP contribution in [-0.4, -0.2) is 12.6 Å². The second kappa shape index (κ2) is 4.43. The molecule has 0 radical (unpaired) electrons. The average Bonchev–Trinajstić information content (AvgIpc) is 2.80. The zero-order valence-electron chi connectivity index (χ0n) is 10.7. The summed E-state index contributed by atoms with van der Waals surface area (Å²) >= 11 is 0. The lowest BCUT2D eigenvalue weighted by atomic mass is 9.67. The third-order valence-corrected chi connectivity index (χ3v) is 4.42. The Morgan fingerprint density at radius 3 is 2.88 bits per heavy atom. The first-order valence-corrected chi connectivity index (χ1v) is 6.72. The third-order valence-electron chi connectivity index (χ3n) is 4.42. The number of hydrogen-bond acceptors (Lipinski definition) is 2. The van der Waals surface area contributed by atoms with Gasteiger partial charge in [-0.15, -0.1) is 0 Å². The molecular formula is C15H21NO. The molecule has 0 amide bonds. The Balaban J connectivity index is 1.74. The molecule has 3 unspecified atom stereocenters. The van der Waals surface area contributed by atoms with Crippen LogP contribution in [0.3, 0.4) is 0 Å². The average molecular weight is 231 g/mol. The Hall–Kier alpha value is -0.860. The van der Waals surface area contributed by atoms with Crippen LogP contribution in [0.15, 0.2) is 18.2 Å². The summed E-state index contributed by atoms with van der Waals surface area (Å²) in [5.74, 6) is 1.50. The Kier molecular flexibility index (Phi) is 2.93. The van der Waals surface area contributed by atoms with Crippen molar-refractivity contribution >= 4 is 0 Å². The van der Waals surface area contributed by atoms with E-state index in [2.05, 4.69) is 37.4 Å². The maximum atomic E-state index is 5.48. The number of fused-ring (bicyclic) bond motifs is 1. The van der Waals surface area contributed by atoms with Gasteiger partial charge in [-0.1, -0.05) is 32.0 Å². The van der Waals surface area contributed by atoms with E-state index in [4.69, 9.17) is 4.74 Å². The summed E-state index contributed by atoms with van der Waals surface area (Å²) in [5.41, 5.74) is 4.29. The highest BCUT2D eigenvalue weighted by Gasteiger charge is 2.38. The SMILES string of the molecule is CCNC1CC(c2ccc3c(c2)COC3)C1C. The molecule has 3 rings (SSSR count). The van der Waals surface area contributed by atoms with Gasteiger partial charge in [-0.05, 0) is 41.5 Å². The van der Waals surface area contributed by atoms with Gasteiger partial charge >= 0.3 is 0 Å². The van der Waals surface area contributed by atoms with Crippen LogP contribution < -0.4 is 5.32 Å². The molecule has 1 heterocycles. The largest absolute Gasteiger partial charge is 0.372 e. The lowest BCUT2D eigenvalue weighted by Gasteiger charge is -2.43. The third kappa shape index (κ3) is 1.90. The van der Waals surface area contributed by atoms with E-state index < -0.39 is 0 Å². The van der Waals surface area contributed by atoms with Crippen LogP contribution in [0.2, 0.25) is 0 Å². The van der Waals surface area contributed by atoms with Crippen molar-refractivity contribution in [3.8, 4) is 0 Å². The molecule has 1 saturated carbocycles. The predicted octanol–water partition coefficient (Wildman–Crippen LogP) is 2.82. The van der Waals surface area contributed by atoms with E-state index in [9.17, 15) is 0 Å². The zero-order chi connectivity index (χ0) is 11.8. The molecule has 1 aliphatic heterocycles. The first-order chi connectivity index (χ1) is 8.29. The van der Waals surface area contributed by atoms with Gasteiger partial charge in [-0.3, -0.25) is 0 Å². The van der Waals surface area contributed by atoms with Crippen LogP contribution in [0.5, 0.6) is 0 Å². The van der Waals surface area contributed by atoms with Gasteiger partial charge in [0.2, 0.25) is 0 Å². The van der Waals surface area contributed by atoms with Crippen molar-refractivity contribution in [1.82, 2.24) is 5.32 Å². The maximum absolute atomic E-state index is 5.48. The van der Waals surface area contributed by atoms with Crippen molar-refractivity contribution in [3.05, 3.63) is 34.9 Å². The van der Waals surface area contributed by atoms with Crippen LogP contribution in [-0.2, 0) is 18.0 Å². The van der Waals surface area contributed by atoms with E-state index in [-0.39, 0.29) is 0 Å². The minimum Gasteiger partial charge on any atom is -0.372 e. The van der Waals surface area contributed by atoms with Gasteiger partial charge in [0.25, 0.3) is 0 Å². The maximum Gasteiger partial charge on any atom is 0.0725 e. The first kappa shape index (κ1) is 11.2. The zero-order valence-corrected chi connectivity index (χ0v) is 10.7. The van der Waals surface area contributed by atoms with Crippen molar-refractivity contribution in [1.29, 1.82) is 0 Å².